The first-order valence-electron chi connectivity index (χ1n) is 16.2. The van der Waals surface area contributed by atoms with Gasteiger partial charge in [0.05, 0.1) is 24.0 Å². The molecule has 0 saturated carbocycles. The second kappa shape index (κ2) is 17.6. The normalized spacial score (nSPS) is 13.8. The van der Waals surface area contributed by atoms with E-state index in [1.807, 2.05) is 81.4 Å². The highest BCUT2D eigenvalue weighted by Crippen LogP contribution is 2.22. The Labute approximate surface area is 289 Å². The molecule has 264 valence electrons. The van der Waals surface area contributed by atoms with Gasteiger partial charge in [0, 0.05) is 37.8 Å². The lowest BCUT2D eigenvalue weighted by molar-refractivity contribution is -0.130. The third-order valence-corrected chi connectivity index (χ3v) is 9.37. The molecule has 4 amide bonds. The van der Waals surface area contributed by atoms with Crippen molar-refractivity contribution >= 4 is 39.3 Å². The van der Waals surface area contributed by atoms with Gasteiger partial charge in [-0.1, -0.05) is 74.5 Å². The van der Waals surface area contributed by atoms with Gasteiger partial charge in [0.15, 0.2) is 0 Å². The molecule has 0 aliphatic rings. The molecule has 3 aromatic rings. The first-order valence-corrected chi connectivity index (χ1v) is 18.0. The Morgan fingerprint density at radius 1 is 0.755 bits per heavy atom. The average Bonchev–Trinajstić information content (AvgIpc) is 3.08. The van der Waals surface area contributed by atoms with Crippen LogP contribution in [-0.2, 0) is 26.0 Å². The molecule has 0 heterocycles. The number of hydrogen-bond donors (Lipinski definition) is 5. The number of carbonyl (C=O) groups is 4. The van der Waals surface area contributed by atoms with Crippen LogP contribution in [0.1, 0.15) is 65.6 Å². The smallest absolute Gasteiger partial charge is 0.251 e. The summed E-state index contributed by atoms with van der Waals surface area (Å²) in [7, 11) is -0.859. The third-order valence-electron chi connectivity index (χ3n) is 8.17. The van der Waals surface area contributed by atoms with Crippen molar-refractivity contribution in [2.24, 2.45) is 5.92 Å². The highest BCUT2D eigenvalue weighted by atomic mass is 32.2. The molecule has 0 aliphatic heterocycles. The van der Waals surface area contributed by atoms with Crippen molar-refractivity contribution in [3.63, 3.8) is 0 Å². The van der Waals surface area contributed by atoms with Crippen LogP contribution in [0.2, 0.25) is 0 Å². The Bertz CT molecular complexity index is 1700. The predicted molar refractivity (Wildman–Crippen MR) is 192 cm³/mol. The number of benzene rings is 3. The highest BCUT2D eigenvalue weighted by molar-refractivity contribution is 7.92. The van der Waals surface area contributed by atoms with Crippen molar-refractivity contribution < 1.29 is 27.6 Å². The van der Waals surface area contributed by atoms with Gasteiger partial charge < -0.3 is 26.6 Å². The van der Waals surface area contributed by atoms with Gasteiger partial charge in [-0.05, 0) is 55.5 Å². The Morgan fingerprint density at radius 3 is 1.84 bits per heavy atom. The lowest BCUT2D eigenvalue weighted by Gasteiger charge is -2.25. The van der Waals surface area contributed by atoms with Crippen molar-refractivity contribution in [3.05, 3.63) is 101 Å². The molecule has 49 heavy (non-hydrogen) atoms. The Hall–Kier alpha value is -4.75. The van der Waals surface area contributed by atoms with E-state index in [-0.39, 0.29) is 47.1 Å². The molecule has 4 atom stereocenters. The zero-order valence-electron chi connectivity index (χ0n) is 29.1. The maximum absolute atomic E-state index is 13.8. The van der Waals surface area contributed by atoms with E-state index in [1.54, 1.807) is 6.92 Å². The summed E-state index contributed by atoms with van der Waals surface area (Å²) in [5.41, 5.74) is 2.16. The zero-order valence-corrected chi connectivity index (χ0v) is 29.9. The quantitative estimate of drug-likeness (QED) is 0.154. The summed E-state index contributed by atoms with van der Waals surface area (Å²) < 4.78 is 25.9. The topological polar surface area (TPSA) is 166 Å². The summed E-state index contributed by atoms with van der Waals surface area (Å²) in [5, 5.41) is 14.4. The molecule has 0 unspecified atom stereocenters. The fourth-order valence-electron chi connectivity index (χ4n) is 5.07. The SMILES string of the molecule is CNC(=O)[C@@H](NC(=O)[C@H](C)NC[C@H](Cc1ccccc1)NC(=O)c1cc(C(=O)N[C@H](C)c2ccccc2)cc(N(C)S(C)(=O)=O)c1)C(C)C. The standard InChI is InChI=1S/C36H48N6O6S/c1-23(2)32(36(46)37-5)41-33(43)25(4)38-22-30(18-26-14-10-8-11-15-26)40-35(45)29-19-28(20-31(21-29)42(6)49(7,47)48)34(44)39-24(3)27-16-12-9-13-17-27/h8-17,19-21,23-25,30,32,38H,18,22H2,1-7H3,(H,37,46)(H,39,44)(H,40,45)(H,41,43)/t24-,25+,30+,32+/m1/s1. The first-order chi connectivity index (χ1) is 23.1. The monoisotopic (exact) mass is 692 g/mol. The van der Waals surface area contributed by atoms with Crippen molar-refractivity contribution in [3.8, 4) is 0 Å². The molecule has 0 aliphatic carbocycles. The largest absolute Gasteiger partial charge is 0.357 e. The molecule has 0 saturated heterocycles. The molecule has 0 aromatic heterocycles. The van der Waals surface area contributed by atoms with Crippen molar-refractivity contribution in [1.29, 1.82) is 0 Å². The van der Waals surface area contributed by atoms with E-state index in [1.165, 1.54) is 32.3 Å². The maximum atomic E-state index is 13.8. The number of carbonyl (C=O) groups excluding carboxylic acids is 4. The minimum Gasteiger partial charge on any atom is -0.357 e. The number of sulfonamides is 1. The zero-order chi connectivity index (χ0) is 36.3. The van der Waals surface area contributed by atoms with Gasteiger partial charge in [-0.15, -0.1) is 0 Å². The van der Waals surface area contributed by atoms with Crippen LogP contribution < -0.4 is 30.9 Å². The number of nitrogens with zero attached hydrogens (tertiary/aromatic N) is 1. The molecule has 0 radical (unpaired) electrons. The van der Waals surface area contributed by atoms with Gasteiger partial charge in [0.2, 0.25) is 21.8 Å². The number of rotatable bonds is 16. The van der Waals surface area contributed by atoms with Gasteiger partial charge in [-0.25, -0.2) is 8.42 Å². The molecular weight excluding hydrogens is 644 g/mol. The van der Waals surface area contributed by atoms with E-state index in [9.17, 15) is 27.6 Å². The fourth-order valence-corrected chi connectivity index (χ4v) is 5.56. The number of anilines is 1. The number of nitrogens with one attached hydrogen (secondary N) is 5. The number of hydrogen-bond acceptors (Lipinski definition) is 7. The molecule has 3 rings (SSSR count). The van der Waals surface area contributed by atoms with Crippen LogP contribution in [-0.4, -0.2) is 77.1 Å². The van der Waals surface area contributed by atoms with E-state index >= 15 is 0 Å². The van der Waals surface area contributed by atoms with E-state index < -0.39 is 40.0 Å². The lowest BCUT2D eigenvalue weighted by Crippen LogP contribution is -2.55. The van der Waals surface area contributed by atoms with Gasteiger partial charge in [-0.2, -0.15) is 0 Å². The molecule has 0 bridgehead atoms. The fraction of sp³-hybridized carbons (Fsp3) is 0.389. The van der Waals surface area contributed by atoms with Crippen molar-refractivity contribution in [2.45, 2.75) is 58.3 Å². The Balaban J connectivity index is 1.87. The first kappa shape index (κ1) is 38.7. The molecule has 12 nitrogen and oxygen atoms in total. The second-order valence-corrected chi connectivity index (χ2v) is 14.5. The molecule has 5 N–H and O–H groups in total. The summed E-state index contributed by atoms with van der Waals surface area (Å²) in [4.78, 5) is 52.6. The van der Waals surface area contributed by atoms with Crippen LogP contribution >= 0.6 is 0 Å². The lowest BCUT2D eigenvalue weighted by atomic mass is 10.0. The predicted octanol–water partition coefficient (Wildman–Crippen LogP) is 2.78. The summed E-state index contributed by atoms with van der Waals surface area (Å²) in [6.07, 6.45) is 1.44. The Morgan fingerprint density at radius 2 is 1.31 bits per heavy atom. The van der Waals surface area contributed by atoms with Crippen molar-refractivity contribution in [1.82, 2.24) is 26.6 Å². The van der Waals surface area contributed by atoms with Crippen LogP contribution in [0.25, 0.3) is 0 Å². The summed E-state index contributed by atoms with van der Waals surface area (Å²) in [6.45, 7) is 7.37. The van der Waals surface area contributed by atoms with Crippen LogP contribution in [0.5, 0.6) is 0 Å². The minimum absolute atomic E-state index is 0.0831. The van der Waals surface area contributed by atoms with Crippen LogP contribution in [0.3, 0.4) is 0 Å². The highest BCUT2D eigenvalue weighted by Gasteiger charge is 2.26. The number of likely N-dealkylation sites (N-methyl/N-ethyl adjacent to an activating group) is 1. The van der Waals surface area contributed by atoms with Gasteiger partial charge in [0.25, 0.3) is 11.8 Å². The summed E-state index contributed by atoms with van der Waals surface area (Å²) in [6, 6.07) is 20.9. The summed E-state index contributed by atoms with van der Waals surface area (Å²) >= 11 is 0. The van der Waals surface area contributed by atoms with Gasteiger partial charge >= 0.3 is 0 Å². The maximum Gasteiger partial charge on any atom is 0.251 e. The molecule has 3 aromatic carbocycles. The second-order valence-electron chi connectivity index (χ2n) is 12.4. The van der Waals surface area contributed by atoms with Gasteiger partial charge in [-0.3, -0.25) is 23.5 Å². The van der Waals surface area contributed by atoms with Crippen molar-refractivity contribution in [2.75, 3.05) is 31.2 Å². The third kappa shape index (κ3) is 11.4. The van der Waals surface area contributed by atoms with E-state index in [0.29, 0.717) is 6.42 Å². The summed E-state index contributed by atoms with van der Waals surface area (Å²) in [5.74, 6) is -1.81. The van der Waals surface area contributed by atoms with E-state index in [4.69, 9.17) is 0 Å². The van der Waals surface area contributed by atoms with E-state index in [2.05, 4.69) is 26.6 Å². The average molecular weight is 693 g/mol. The molecule has 0 spiro atoms. The van der Waals surface area contributed by atoms with Crippen LogP contribution in [0.4, 0.5) is 5.69 Å². The van der Waals surface area contributed by atoms with Crippen LogP contribution in [0, 0.1) is 5.92 Å². The van der Waals surface area contributed by atoms with E-state index in [0.717, 1.165) is 21.7 Å². The molecule has 0 fully saturated rings. The van der Waals surface area contributed by atoms with Crippen LogP contribution in [0.15, 0.2) is 78.9 Å². The Kier molecular flexibility index (Phi) is 13.9. The van der Waals surface area contributed by atoms with Gasteiger partial charge in [0.1, 0.15) is 6.04 Å². The molecular formula is C36H48N6O6S. The molecule has 13 heteroatoms. The minimum atomic E-state index is -3.72. The number of amides is 4.